The van der Waals surface area contributed by atoms with Crippen molar-refractivity contribution in [1.29, 1.82) is 0 Å². The van der Waals surface area contributed by atoms with Crippen LogP contribution in [0.15, 0.2) is 24.3 Å². The summed E-state index contributed by atoms with van der Waals surface area (Å²) in [7, 11) is 2.15. The molecule has 88 valence electrons. The molecule has 0 heterocycles. The molecule has 0 aromatic heterocycles. The van der Waals surface area contributed by atoms with E-state index in [0.29, 0.717) is 0 Å². The number of aliphatic hydroxyl groups excluding tert-OH is 1. The first kappa shape index (κ1) is 11.6. The molecule has 1 aromatic carbocycles. The summed E-state index contributed by atoms with van der Waals surface area (Å²) in [4.78, 5) is 2.36. The molecule has 1 N–H and O–H groups in total. The van der Waals surface area contributed by atoms with Crippen molar-refractivity contribution in [3.8, 4) is 0 Å². The van der Waals surface area contributed by atoms with Gasteiger partial charge in [0.05, 0.1) is 6.10 Å². The first-order chi connectivity index (χ1) is 7.66. The van der Waals surface area contributed by atoms with Gasteiger partial charge in [-0.1, -0.05) is 29.8 Å². The average molecular weight is 219 g/mol. The normalized spacial score (nSPS) is 17.8. The van der Waals surface area contributed by atoms with Gasteiger partial charge in [0.15, 0.2) is 0 Å². The van der Waals surface area contributed by atoms with Crippen LogP contribution < -0.4 is 0 Å². The molecule has 0 saturated heterocycles. The molecule has 1 unspecified atom stereocenters. The zero-order chi connectivity index (χ0) is 11.5. The molecular weight excluding hydrogens is 198 g/mol. The van der Waals surface area contributed by atoms with E-state index in [4.69, 9.17) is 0 Å². The second-order valence-corrected chi connectivity index (χ2v) is 4.93. The van der Waals surface area contributed by atoms with Crippen LogP contribution in [0.1, 0.15) is 36.5 Å². The van der Waals surface area contributed by atoms with Crippen LogP contribution in [0.25, 0.3) is 0 Å². The predicted molar refractivity (Wildman–Crippen MR) is 66.4 cm³/mol. The maximum absolute atomic E-state index is 10.1. The summed E-state index contributed by atoms with van der Waals surface area (Å²) in [5.41, 5.74) is 2.26. The van der Waals surface area contributed by atoms with Gasteiger partial charge in [-0.25, -0.2) is 0 Å². The summed E-state index contributed by atoms with van der Waals surface area (Å²) in [5, 5.41) is 10.1. The number of benzene rings is 1. The molecule has 0 spiro atoms. The highest BCUT2D eigenvalue weighted by molar-refractivity contribution is 5.23. The Labute approximate surface area is 97.9 Å². The highest BCUT2D eigenvalue weighted by Gasteiger charge is 2.26. The molecule has 1 saturated carbocycles. The highest BCUT2D eigenvalue weighted by atomic mass is 16.3. The van der Waals surface area contributed by atoms with E-state index in [0.717, 1.165) is 24.6 Å². The molecule has 2 heteroatoms. The SMILES string of the molecule is Cc1cccc(C(O)CCN(C)C2CC2)c1. The van der Waals surface area contributed by atoms with Gasteiger partial charge in [-0.2, -0.15) is 0 Å². The van der Waals surface area contributed by atoms with Crippen LogP contribution in [0.4, 0.5) is 0 Å². The fourth-order valence-corrected chi connectivity index (χ4v) is 2.07. The van der Waals surface area contributed by atoms with Gasteiger partial charge < -0.3 is 10.0 Å². The van der Waals surface area contributed by atoms with E-state index in [1.807, 2.05) is 12.1 Å². The Morgan fingerprint density at radius 1 is 1.44 bits per heavy atom. The van der Waals surface area contributed by atoms with E-state index in [9.17, 15) is 5.11 Å². The molecule has 0 radical (unpaired) electrons. The van der Waals surface area contributed by atoms with Gasteiger partial charge in [0.2, 0.25) is 0 Å². The molecule has 1 aromatic rings. The lowest BCUT2D eigenvalue weighted by Gasteiger charge is -2.18. The molecular formula is C14H21NO. The minimum Gasteiger partial charge on any atom is -0.388 e. The van der Waals surface area contributed by atoms with Gasteiger partial charge >= 0.3 is 0 Å². The van der Waals surface area contributed by atoms with E-state index in [1.54, 1.807) is 0 Å². The number of nitrogens with zero attached hydrogens (tertiary/aromatic N) is 1. The standard InChI is InChI=1S/C14H21NO/c1-11-4-3-5-12(10-11)14(16)8-9-15(2)13-6-7-13/h3-5,10,13-14,16H,6-9H2,1-2H3. The Morgan fingerprint density at radius 2 is 2.19 bits per heavy atom. The molecule has 1 atom stereocenters. The molecule has 16 heavy (non-hydrogen) atoms. The molecule has 2 nitrogen and oxygen atoms in total. The fourth-order valence-electron chi connectivity index (χ4n) is 2.07. The van der Waals surface area contributed by atoms with E-state index >= 15 is 0 Å². The minimum atomic E-state index is -0.318. The van der Waals surface area contributed by atoms with Gasteiger partial charge in [-0.15, -0.1) is 0 Å². The second kappa shape index (κ2) is 4.98. The Hall–Kier alpha value is -0.860. The van der Waals surface area contributed by atoms with Gasteiger partial charge in [0.25, 0.3) is 0 Å². The smallest absolute Gasteiger partial charge is 0.0802 e. The van der Waals surface area contributed by atoms with Crippen molar-refractivity contribution in [3.63, 3.8) is 0 Å². The van der Waals surface area contributed by atoms with Gasteiger partial charge in [0, 0.05) is 12.6 Å². The van der Waals surface area contributed by atoms with Crippen molar-refractivity contribution >= 4 is 0 Å². The second-order valence-electron chi connectivity index (χ2n) is 4.93. The summed E-state index contributed by atoms with van der Waals surface area (Å²) < 4.78 is 0. The van der Waals surface area contributed by atoms with Crippen LogP contribution >= 0.6 is 0 Å². The summed E-state index contributed by atoms with van der Waals surface area (Å²) in [6.45, 7) is 3.05. The summed E-state index contributed by atoms with van der Waals surface area (Å²) >= 11 is 0. The lowest BCUT2D eigenvalue weighted by molar-refractivity contribution is 0.147. The van der Waals surface area contributed by atoms with Crippen LogP contribution in [-0.4, -0.2) is 29.6 Å². The van der Waals surface area contributed by atoms with Crippen LogP contribution in [0.5, 0.6) is 0 Å². The molecule has 1 fully saturated rings. The molecule has 0 aliphatic heterocycles. The topological polar surface area (TPSA) is 23.5 Å². The van der Waals surface area contributed by atoms with Gasteiger partial charge in [-0.05, 0) is 38.8 Å². The molecule has 0 bridgehead atoms. The summed E-state index contributed by atoms with van der Waals surface area (Å²) in [6.07, 6.45) is 3.17. The first-order valence-electron chi connectivity index (χ1n) is 6.11. The number of aliphatic hydroxyl groups is 1. The van der Waals surface area contributed by atoms with Crippen molar-refractivity contribution in [3.05, 3.63) is 35.4 Å². The lowest BCUT2D eigenvalue weighted by Crippen LogP contribution is -2.23. The van der Waals surface area contributed by atoms with Crippen molar-refractivity contribution in [2.24, 2.45) is 0 Å². The highest BCUT2D eigenvalue weighted by Crippen LogP contribution is 2.26. The van der Waals surface area contributed by atoms with Crippen LogP contribution in [0, 0.1) is 6.92 Å². The summed E-state index contributed by atoms with van der Waals surface area (Å²) in [6, 6.07) is 8.94. The Morgan fingerprint density at radius 3 is 2.81 bits per heavy atom. The van der Waals surface area contributed by atoms with Crippen molar-refractivity contribution in [2.45, 2.75) is 38.3 Å². The Kier molecular flexibility index (Phi) is 3.62. The maximum Gasteiger partial charge on any atom is 0.0802 e. The third-order valence-electron chi connectivity index (χ3n) is 3.35. The third-order valence-corrected chi connectivity index (χ3v) is 3.35. The number of rotatable bonds is 5. The molecule has 1 aliphatic rings. The maximum atomic E-state index is 10.1. The molecule has 2 rings (SSSR count). The zero-order valence-electron chi connectivity index (χ0n) is 10.2. The van der Waals surface area contributed by atoms with Crippen molar-refractivity contribution in [1.82, 2.24) is 4.90 Å². The van der Waals surface area contributed by atoms with Crippen molar-refractivity contribution in [2.75, 3.05) is 13.6 Å². The van der Waals surface area contributed by atoms with Crippen molar-refractivity contribution < 1.29 is 5.11 Å². The molecule has 0 amide bonds. The van der Waals surface area contributed by atoms with Crippen LogP contribution in [-0.2, 0) is 0 Å². The number of hydrogen-bond acceptors (Lipinski definition) is 2. The Balaban J connectivity index is 1.84. The lowest BCUT2D eigenvalue weighted by atomic mass is 10.0. The van der Waals surface area contributed by atoms with Crippen LogP contribution in [0.2, 0.25) is 0 Å². The van der Waals surface area contributed by atoms with E-state index < -0.39 is 0 Å². The quantitative estimate of drug-likeness (QED) is 0.822. The minimum absolute atomic E-state index is 0.318. The Bertz CT molecular complexity index is 346. The third kappa shape index (κ3) is 3.06. The van der Waals surface area contributed by atoms with Gasteiger partial charge in [-0.3, -0.25) is 0 Å². The molecule has 1 aliphatic carbocycles. The number of aryl methyl sites for hydroxylation is 1. The fraction of sp³-hybridized carbons (Fsp3) is 0.571. The van der Waals surface area contributed by atoms with E-state index in [-0.39, 0.29) is 6.10 Å². The predicted octanol–water partition coefficient (Wildman–Crippen LogP) is 2.51. The average Bonchev–Trinajstić information content (AvgIpc) is 3.09. The van der Waals surface area contributed by atoms with E-state index in [2.05, 4.69) is 31.0 Å². The van der Waals surface area contributed by atoms with Gasteiger partial charge in [0.1, 0.15) is 0 Å². The summed E-state index contributed by atoms with van der Waals surface area (Å²) in [5.74, 6) is 0. The zero-order valence-corrected chi connectivity index (χ0v) is 10.2. The monoisotopic (exact) mass is 219 g/mol. The van der Waals surface area contributed by atoms with Crippen LogP contribution in [0.3, 0.4) is 0 Å². The number of hydrogen-bond donors (Lipinski definition) is 1. The van der Waals surface area contributed by atoms with E-state index in [1.165, 1.54) is 18.4 Å². The largest absolute Gasteiger partial charge is 0.388 e. The first-order valence-corrected chi connectivity index (χ1v) is 6.11.